The summed E-state index contributed by atoms with van der Waals surface area (Å²) < 4.78 is 0.932. The molecule has 24 heavy (non-hydrogen) atoms. The molecule has 0 heterocycles. The van der Waals surface area contributed by atoms with Crippen LogP contribution in [-0.4, -0.2) is 17.6 Å². The van der Waals surface area contributed by atoms with E-state index < -0.39 is 0 Å². The molecular weight excluding hydrogens is 290 g/mol. The molecule has 1 heteroatoms. The minimum absolute atomic E-state index is 0.632. The van der Waals surface area contributed by atoms with Crippen LogP contribution in [0.15, 0.2) is 43.1 Å². The molecule has 0 saturated heterocycles. The van der Waals surface area contributed by atoms with Crippen LogP contribution < -0.4 is 0 Å². The van der Waals surface area contributed by atoms with Crippen LogP contribution in [0.4, 0.5) is 0 Å². The van der Waals surface area contributed by atoms with E-state index in [1.54, 1.807) is 0 Å². The molecule has 1 aromatic rings. The van der Waals surface area contributed by atoms with E-state index in [2.05, 4.69) is 64.0 Å². The maximum Gasteiger partial charge on any atom is 0.109 e. The molecule has 0 aliphatic carbocycles. The number of hydrogen-bond acceptors (Lipinski definition) is 0. The molecule has 0 aliphatic rings. The van der Waals surface area contributed by atoms with Gasteiger partial charge >= 0.3 is 0 Å². The predicted octanol–water partition coefficient (Wildman–Crippen LogP) is 7.09. The zero-order chi connectivity index (χ0) is 17.7. The average molecular weight is 331 g/mol. The number of quaternary nitrogens is 1. The Morgan fingerprint density at radius 3 is 2.00 bits per heavy atom. The van der Waals surface area contributed by atoms with Crippen LogP contribution in [0.5, 0.6) is 0 Å². The van der Waals surface area contributed by atoms with E-state index in [9.17, 15) is 0 Å². The van der Waals surface area contributed by atoms with Crippen molar-refractivity contribution in [2.75, 3.05) is 7.05 Å². The molecule has 0 N–H and O–H groups in total. The Balaban J connectivity index is 2.22. The maximum atomic E-state index is 4.12. The Morgan fingerprint density at radius 2 is 1.46 bits per heavy atom. The summed E-state index contributed by atoms with van der Waals surface area (Å²) in [5.74, 6) is 0. The van der Waals surface area contributed by atoms with Crippen molar-refractivity contribution in [1.29, 1.82) is 0 Å². The van der Waals surface area contributed by atoms with Crippen molar-refractivity contribution in [2.24, 2.45) is 0 Å². The molecule has 0 spiro atoms. The zero-order valence-electron chi connectivity index (χ0n) is 16.5. The van der Waals surface area contributed by atoms with Gasteiger partial charge < -0.3 is 0 Å². The highest BCUT2D eigenvalue weighted by Crippen LogP contribution is 2.22. The van der Waals surface area contributed by atoms with Crippen molar-refractivity contribution in [3.05, 3.63) is 48.7 Å². The highest BCUT2D eigenvalue weighted by molar-refractivity contribution is 5.13. The van der Waals surface area contributed by atoms with Crippen molar-refractivity contribution in [3.63, 3.8) is 0 Å². The number of unbranched alkanes of at least 4 members (excludes halogenated alkanes) is 8. The highest BCUT2D eigenvalue weighted by Gasteiger charge is 2.26. The summed E-state index contributed by atoms with van der Waals surface area (Å²) in [5, 5.41) is 0. The monoisotopic (exact) mass is 330 g/mol. The van der Waals surface area contributed by atoms with Crippen LogP contribution in [0.25, 0.3) is 0 Å². The van der Waals surface area contributed by atoms with Crippen LogP contribution in [0.2, 0.25) is 0 Å². The summed E-state index contributed by atoms with van der Waals surface area (Å²) in [6.07, 6.45) is 16.1. The molecular formula is C23H40N+. The SMILES string of the molecule is C=C[N+](C)(Cc1ccccc1)C(C)CCCCCCCCCCC. The smallest absolute Gasteiger partial charge is 0.109 e. The van der Waals surface area contributed by atoms with Gasteiger partial charge in [0.1, 0.15) is 6.54 Å². The van der Waals surface area contributed by atoms with Gasteiger partial charge in [0.05, 0.1) is 19.3 Å². The topological polar surface area (TPSA) is 0 Å². The van der Waals surface area contributed by atoms with E-state index in [4.69, 9.17) is 0 Å². The van der Waals surface area contributed by atoms with Gasteiger partial charge in [0.25, 0.3) is 0 Å². The minimum atomic E-state index is 0.632. The van der Waals surface area contributed by atoms with E-state index in [0.29, 0.717) is 6.04 Å². The summed E-state index contributed by atoms with van der Waals surface area (Å²) in [4.78, 5) is 0. The zero-order valence-corrected chi connectivity index (χ0v) is 16.5. The predicted molar refractivity (Wildman–Crippen MR) is 108 cm³/mol. The van der Waals surface area contributed by atoms with Crippen molar-refractivity contribution in [1.82, 2.24) is 0 Å². The first kappa shape index (κ1) is 21.0. The first-order valence-electron chi connectivity index (χ1n) is 10.1. The van der Waals surface area contributed by atoms with E-state index in [1.165, 1.54) is 69.8 Å². The molecule has 0 amide bonds. The molecule has 2 unspecified atom stereocenters. The fourth-order valence-electron chi connectivity index (χ4n) is 3.42. The second kappa shape index (κ2) is 12.3. The van der Waals surface area contributed by atoms with Crippen molar-refractivity contribution in [3.8, 4) is 0 Å². The van der Waals surface area contributed by atoms with E-state index in [1.807, 2.05) is 0 Å². The fraction of sp³-hybridized carbons (Fsp3) is 0.652. The standard InChI is InChI=1S/C23H40N/c1-5-7-8-9-10-11-12-13-15-18-22(3)24(4,6-2)21-23-19-16-14-17-20-23/h6,14,16-17,19-20,22H,2,5,7-13,15,18,21H2,1,3-4H3/q+1. The van der Waals surface area contributed by atoms with Gasteiger partial charge in [0, 0.05) is 5.56 Å². The summed E-state index contributed by atoms with van der Waals surface area (Å²) in [7, 11) is 2.32. The number of rotatable bonds is 14. The van der Waals surface area contributed by atoms with Crippen LogP contribution in [-0.2, 0) is 6.54 Å². The summed E-state index contributed by atoms with van der Waals surface area (Å²) in [5.41, 5.74) is 1.40. The Morgan fingerprint density at radius 1 is 0.917 bits per heavy atom. The molecule has 0 bridgehead atoms. The number of hydrogen-bond donors (Lipinski definition) is 0. The van der Waals surface area contributed by atoms with Gasteiger partial charge in [-0.15, -0.1) is 0 Å². The van der Waals surface area contributed by atoms with Crippen LogP contribution in [0, 0.1) is 0 Å². The Hall–Kier alpha value is -1.08. The third-order valence-corrected chi connectivity index (χ3v) is 5.52. The molecule has 1 aromatic carbocycles. The van der Waals surface area contributed by atoms with E-state index in [0.717, 1.165) is 11.0 Å². The normalized spacial score (nSPS) is 15.0. The third kappa shape index (κ3) is 8.15. The van der Waals surface area contributed by atoms with Gasteiger partial charge in [0.15, 0.2) is 0 Å². The lowest BCUT2D eigenvalue weighted by Crippen LogP contribution is -2.45. The van der Waals surface area contributed by atoms with Gasteiger partial charge in [-0.25, -0.2) is 0 Å². The maximum absolute atomic E-state index is 4.12. The van der Waals surface area contributed by atoms with Crippen molar-refractivity contribution in [2.45, 2.75) is 90.6 Å². The summed E-state index contributed by atoms with van der Waals surface area (Å²) in [6, 6.07) is 11.4. The number of benzene rings is 1. The lowest BCUT2D eigenvalue weighted by atomic mass is 10.0. The second-order valence-corrected chi connectivity index (χ2v) is 7.64. The highest BCUT2D eigenvalue weighted by atomic mass is 15.3. The molecule has 2 atom stereocenters. The van der Waals surface area contributed by atoms with Crippen molar-refractivity contribution >= 4 is 0 Å². The molecule has 0 aromatic heterocycles. The summed E-state index contributed by atoms with van der Waals surface area (Å²) in [6.45, 7) is 9.83. The Bertz CT molecular complexity index is 425. The van der Waals surface area contributed by atoms with Gasteiger partial charge in [-0.05, 0) is 26.3 Å². The van der Waals surface area contributed by atoms with Crippen LogP contribution in [0.3, 0.4) is 0 Å². The Labute approximate surface area is 151 Å². The number of nitrogens with zero attached hydrogens (tertiary/aromatic N) is 1. The van der Waals surface area contributed by atoms with Gasteiger partial charge in [0.2, 0.25) is 0 Å². The molecule has 0 saturated carbocycles. The molecule has 1 nitrogen and oxygen atoms in total. The van der Waals surface area contributed by atoms with E-state index >= 15 is 0 Å². The van der Waals surface area contributed by atoms with Gasteiger partial charge in [-0.1, -0.05) is 88.6 Å². The van der Waals surface area contributed by atoms with Crippen LogP contribution in [0.1, 0.15) is 83.6 Å². The fourth-order valence-corrected chi connectivity index (χ4v) is 3.42. The van der Waals surface area contributed by atoms with Crippen LogP contribution >= 0.6 is 0 Å². The van der Waals surface area contributed by atoms with Gasteiger partial charge in [-0.3, -0.25) is 4.48 Å². The molecule has 1 rings (SSSR count). The average Bonchev–Trinajstić information content (AvgIpc) is 2.60. The quantitative estimate of drug-likeness (QED) is 0.252. The van der Waals surface area contributed by atoms with Gasteiger partial charge in [-0.2, -0.15) is 0 Å². The first-order chi connectivity index (χ1) is 11.6. The van der Waals surface area contributed by atoms with Crippen molar-refractivity contribution < 1.29 is 4.48 Å². The largest absolute Gasteiger partial charge is 0.294 e. The minimum Gasteiger partial charge on any atom is -0.294 e. The Kier molecular flexibility index (Phi) is 10.7. The van der Waals surface area contributed by atoms with E-state index in [-0.39, 0.29) is 0 Å². The lowest BCUT2D eigenvalue weighted by Gasteiger charge is -2.36. The first-order valence-corrected chi connectivity index (χ1v) is 10.1. The molecule has 136 valence electrons. The molecule has 0 fully saturated rings. The molecule has 0 radical (unpaired) electrons. The summed E-state index contributed by atoms with van der Waals surface area (Å²) >= 11 is 0. The second-order valence-electron chi connectivity index (χ2n) is 7.64. The third-order valence-electron chi connectivity index (χ3n) is 5.52. The lowest BCUT2D eigenvalue weighted by molar-refractivity contribution is -0.896. The molecule has 0 aliphatic heterocycles.